The van der Waals surface area contributed by atoms with Crippen LogP contribution in [0, 0.1) is 0 Å². The number of carbonyl (C=O) groups is 1. The second-order valence-electron chi connectivity index (χ2n) is 6.71. The summed E-state index contributed by atoms with van der Waals surface area (Å²) in [5.74, 6) is 0.827. The highest BCUT2D eigenvalue weighted by molar-refractivity contribution is 9.10. The molecule has 0 aromatic heterocycles. The Balaban J connectivity index is 1.39. The van der Waals surface area contributed by atoms with E-state index in [9.17, 15) is 4.79 Å². The predicted octanol–water partition coefficient (Wildman–Crippen LogP) is 3.33. The lowest BCUT2D eigenvalue weighted by atomic mass is 10.1. The first kappa shape index (κ1) is 15.9. The van der Waals surface area contributed by atoms with Crippen molar-refractivity contribution in [1.29, 1.82) is 0 Å². The average molecular weight is 389 g/mol. The van der Waals surface area contributed by atoms with Crippen LogP contribution in [0.2, 0.25) is 0 Å². The molecule has 2 bridgehead atoms. The molecule has 2 atom stereocenters. The van der Waals surface area contributed by atoms with Crippen LogP contribution in [-0.2, 0) is 4.79 Å². The molecule has 2 aliphatic heterocycles. The van der Waals surface area contributed by atoms with Crippen LogP contribution in [0.1, 0.15) is 19.3 Å². The van der Waals surface area contributed by atoms with Gasteiger partial charge >= 0.3 is 0 Å². The highest BCUT2D eigenvalue weighted by atomic mass is 79.9. The maximum atomic E-state index is 12.5. The number of nitrogens with one attached hydrogen (secondary N) is 1. The summed E-state index contributed by atoms with van der Waals surface area (Å²) in [5, 5.41) is 5.86. The van der Waals surface area contributed by atoms with Gasteiger partial charge < -0.3 is 15.0 Å². The molecule has 1 N–H and O–H groups in total. The van der Waals surface area contributed by atoms with Crippen molar-refractivity contribution in [3.63, 3.8) is 0 Å². The van der Waals surface area contributed by atoms with Crippen molar-refractivity contribution in [1.82, 2.24) is 10.2 Å². The molecule has 5 heteroatoms. The summed E-state index contributed by atoms with van der Waals surface area (Å²) < 4.78 is 6.82. The Kier molecular flexibility index (Phi) is 4.46. The third-order valence-corrected chi connectivity index (χ3v) is 5.51. The molecule has 2 aliphatic rings. The molecular weight excluding hydrogens is 368 g/mol. The van der Waals surface area contributed by atoms with Gasteiger partial charge in [-0.25, -0.2) is 0 Å². The van der Waals surface area contributed by atoms with E-state index < -0.39 is 0 Å². The molecule has 0 spiro atoms. The number of carbonyl (C=O) groups excluding carboxylic acids is 1. The van der Waals surface area contributed by atoms with Crippen LogP contribution in [0.15, 0.2) is 40.9 Å². The van der Waals surface area contributed by atoms with Crippen LogP contribution in [-0.4, -0.2) is 42.6 Å². The van der Waals surface area contributed by atoms with Crippen molar-refractivity contribution in [3.8, 4) is 5.75 Å². The second kappa shape index (κ2) is 6.73. The molecule has 2 fully saturated rings. The first-order chi connectivity index (χ1) is 11.7. The van der Waals surface area contributed by atoms with Crippen molar-refractivity contribution in [2.75, 3.05) is 19.7 Å². The quantitative estimate of drug-likeness (QED) is 0.876. The Hall–Kier alpha value is -1.59. The summed E-state index contributed by atoms with van der Waals surface area (Å²) in [6.45, 7) is 1.76. The summed E-state index contributed by atoms with van der Waals surface area (Å²) >= 11 is 3.48. The SMILES string of the molecule is O=C(COc1ccc2cc(Br)ccc2c1)N1CCC2CCC(C1)N2. The minimum Gasteiger partial charge on any atom is -0.484 e. The van der Waals surface area contributed by atoms with Crippen LogP contribution >= 0.6 is 15.9 Å². The highest BCUT2D eigenvalue weighted by Gasteiger charge is 2.31. The molecule has 0 radical (unpaired) electrons. The molecule has 4 nitrogen and oxygen atoms in total. The van der Waals surface area contributed by atoms with Crippen LogP contribution in [0.25, 0.3) is 10.8 Å². The van der Waals surface area contributed by atoms with Gasteiger partial charge in [0, 0.05) is 29.6 Å². The van der Waals surface area contributed by atoms with Gasteiger partial charge in [0.2, 0.25) is 0 Å². The van der Waals surface area contributed by atoms with E-state index in [2.05, 4.69) is 27.3 Å². The van der Waals surface area contributed by atoms with Crippen LogP contribution < -0.4 is 10.1 Å². The number of fused-ring (bicyclic) bond motifs is 3. The number of hydrogen-bond acceptors (Lipinski definition) is 3. The Morgan fingerprint density at radius 3 is 2.83 bits per heavy atom. The van der Waals surface area contributed by atoms with E-state index in [1.807, 2.05) is 35.2 Å². The van der Waals surface area contributed by atoms with E-state index in [1.165, 1.54) is 12.8 Å². The number of halogens is 1. The second-order valence-corrected chi connectivity index (χ2v) is 7.62. The molecule has 24 heavy (non-hydrogen) atoms. The number of benzene rings is 2. The van der Waals surface area contributed by atoms with Gasteiger partial charge in [-0.15, -0.1) is 0 Å². The lowest BCUT2D eigenvalue weighted by Crippen LogP contribution is -2.41. The zero-order valence-corrected chi connectivity index (χ0v) is 15.1. The molecule has 2 heterocycles. The molecule has 0 aliphatic carbocycles. The Labute approximate surface area is 150 Å². The van der Waals surface area contributed by atoms with E-state index >= 15 is 0 Å². The monoisotopic (exact) mass is 388 g/mol. The minimum absolute atomic E-state index is 0.0836. The molecular formula is C19H21BrN2O2. The van der Waals surface area contributed by atoms with Gasteiger partial charge in [-0.05, 0) is 54.3 Å². The first-order valence-corrected chi connectivity index (χ1v) is 9.32. The Bertz CT molecular complexity index is 764. The fraction of sp³-hybridized carbons (Fsp3) is 0.421. The van der Waals surface area contributed by atoms with Crippen LogP contribution in [0.3, 0.4) is 0 Å². The third-order valence-electron chi connectivity index (χ3n) is 5.01. The first-order valence-electron chi connectivity index (χ1n) is 8.53. The van der Waals surface area contributed by atoms with Gasteiger partial charge in [-0.1, -0.05) is 28.1 Å². The molecule has 2 unspecified atom stereocenters. The van der Waals surface area contributed by atoms with Crippen LogP contribution in [0.4, 0.5) is 0 Å². The zero-order chi connectivity index (χ0) is 16.5. The molecule has 1 amide bonds. The maximum absolute atomic E-state index is 12.5. The highest BCUT2D eigenvalue weighted by Crippen LogP contribution is 2.24. The van der Waals surface area contributed by atoms with Crippen molar-refractivity contribution in [2.24, 2.45) is 0 Å². The number of ether oxygens (including phenoxy) is 1. The topological polar surface area (TPSA) is 41.6 Å². The van der Waals surface area contributed by atoms with E-state index in [1.54, 1.807) is 0 Å². The number of hydrogen-bond donors (Lipinski definition) is 1. The number of nitrogens with zero attached hydrogens (tertiary/aromatic N) is 1. The maximum Gasteiger partial charge on any atom is 0.260 e. The van der Waals surface area contributed by atoms with E-state index in [4.69, 9.17) is 4.74 Å². The van der Waals surface area contributed by atoms with Gasteiger partial charge in [0.25, 0.3) is 5.91 Å². The van der Waals surface area contributed by atoms with Crippen molar-refractivity contribution in [3.05, 3.63) is 40.9 Å². The largest absolute Gasteiger partial charge is 0.484 e. The molecule has 4 rings (SSSR count). The van der Waals surface area contributed by atoms with Gasteiger partial charge in [-0.3, -0.25) is 4.79 Å². The molecule has 2 aromatic carbocycles. The lowest BCUT2D eigenvalue weighted by Gasteiger charge is -2.24. The van der Waals surface area contributed by atoms with Crippen molar-refractivity contribution in [2.45, 2.75) is 31.3 Å². The van der Waals surface area contributed by atoms with E-state index in [0.29, 0.717) is 12.1 Å². The summed E-state index contributed by atoms with van der Waals surface area (Å²) in [6.07, 6.45) is 3.47. The zero-order valence-electron chi connectivity index (χ0n) is 13.5. The number of amides is 1. The summed E-state index contributed by atoms with van der Waals surface area (Å²) in [6, 6.07) is 13.1. The predicted molar refractivity (Wildman–Crippen MR) is 98.3 cm³/mol. The Morgan fingerprint density at radius 2 is 1.92 bits per heavy atom. The molecule has 0 saturated carbocycles. The summed E-state index contributed by atoms with van der Waals surface area (Å²) in [4.78, 5) is 14.4. The van der Waals surface area contributed by atoms with Gasteiger partial charge in [0.15, 0.2) is 6.61 Å². The minimum atomic E-state index is 0.0836. The molecule has 2 saturated heterocycles. The average Bonchev–Trinajstić information content (AvgIpc) is 2.91. The number of likely N-dealkylation sites (tertiary alicyclic amines) is 1. The summed E-state index contributed by atoms with van der Waals surface area (Å²) in [7, 11) is 0. The third kappa shape index (κ3) is 3.42. The molecule has 2 aromatic rings. The van der Waals surface area contributed by atoms with E-state index in [-0.39, 0.29) is 12.5 Å². The number of rotatable bonds is 3. The lowest BCUT2D eigenvalue weighted by molar-refractivity contribution is -0.133. The summed E-state index contributed by atoms with van der Waals surface area (Å²) in [5.41, 5.74) is 0. The van der Waals surface area contributed by atoms with Crippen LogP contribution in [0.5, 0.6) is 5.75 Å². The molecule has 126 valence electrons. The fourth-order valence-corrected chi connectivity index (χ4v) is 4.07. The van der Waals surface area contributed by atoms with Gasteiger partial charge in [-0.2, -0.15) is 0 Å². The van der Waals surface area contributed by atoms with E-state index in [0.717, 1.165) is 40.5 Å². The van der Waals surface area contributed by atoms with Crippen molar-refractivity contribution >= 4 is 32.6 Å². The normalized spacial score (nSPS) is 23.3. The van der Waals surface area contributed by atoms with Gasteiger partial charge in [0.05, 0.1) is 0 Å². The fourth-order valence-electron chi connectivity index (χ4n) is 3.69. The standard InChI is InChI=1S/C19H21BrN2O2/c20-15-3-1-14-10-18(6-2-13(14)9-15)24-12-19(23)22-8-7-16-4-5-17(11-22)21-16/h1-3,6,9-10,16-17,21H,4-5,7-8,11-12H2. The van der Waals surface area contributed by atoms with Crippen molar-refractivity contribution < 1.29 is 9.53 Å². The smallest absolute Gasteiger partial charge is 0.260 e. The van der Waals surface area contributed by atoms with Gasteiger partial charge in [0.1, 0.15) is 5.75 Å². The Morgan fingerprint density at radius 1 is 1.12 bits per heavy atom.